The van der Waals surface area contributed by atoms with Crippen LogP contribution in [0.2, 0.25) is 0 Å². The quantitative estimate of drug-likeness (QED) is 0.629. The average Bonchev–Trinajstić information content (AvgIpc) is 1.86. The number of carboxylic acids is 1. The van der Waals surface area contributed by atoms with Gasteiger partial charge in [0.15, 0.2) is 0 Å². The van der Waals surface area contributed by atoms with Crippen LogP contribution in [-0.4, -0.2) is 17.0 Å². The van der Waals surface area contributed by atoms with Gasteiger partial charge in [0.25, 0.3) is 0 Å². The Morgan fingerprint density at radius 1 is 1.33 bits per heavy atom. The zero-order valence-electron chi connectivity index (χ0n) is 7.67. The first-order valence-electron chi connectivity index (χ1n) is 3.98. The molecule has 0 aliphatic carbocycles. The lowest BCUT2D eigenvalue weighted by molar-refractivity contribution is -0.137. The van der Waals surface area contributed by atoms with Crippen molar-refractivity contribution in [3.63, 3.8) is 0 Å². The van der Waals surface area contributed by atoms with E-state index in [2.05, 4.69) is 12.7 Å². The molecule has 4 heteroatoms. The summed E-state index contributed by atoms with van der Waals surface area (Å²) in [6, 6.07) is 0. The summed E-state index contributed by atoms with van der Waals surface area (Å²) in [5.74, 6) is -1.02. The SMILES string of the molecule is CC(N)=O.CCCCCC(=O)O. The van der Waals surface area contributed by atoms with Gasteiger partial charge in [0.1, 0.15) is 0 Å². The second kappa shape index (κ2) is 9.94. The highest BCUT2D eigenvalue weighted by Crippen LogP contribution is 1.97. The molecule has 0 bridgehead atoms. The zero-order valence-corrected chi connectivity index (χ0v) is 7.67. The van der Waals surface area contributed by atoms with Gasteiger partial charge in [0.2, 0.25) is 5.91 Å². The molecule has 0 atom stereocenters. The molecular formula is C8H17NO3. The Kier molecular flexibility index (Phi) is 11.2. The number of carbonyl (C=O) groups excluding carboxylic acids is 1. The van der Waals surface area contributed by atoms with Gasteiger partial charge in [-0.3, -0.25) is 9.59 Å². The topological polar surface area (TPSA) is 80.4 Å². The van der Waals surface area contributed by atoms with Crippen LogP contribution >= 0.6 is 0 Å². The molecule has 0 aromatic heterocycles. The fourth-order valence-electron chi connectivity index (χ4n) is 0.526. The molecule has 0 unspecified atom stereocenters. The van der Waals surface area contributed by atoms with Crippen molar-refractivity contribution in [2.24, 2.45) is 5.73 Å². The minimum atomic E-state index is -0.682. The standard InChI is InChI=1S/C6H12O2.C2H5NO/c1-2-3-4-5-6(7)8;1-2(3)4/h2-5H2,1H3,(H,7,8);1H3,(H2,3,4). The van der Waals surface area contributed by atoms with Gasteiger partial charge in [-0.05, 0) is 6.42 Å². The van der Waals surface area contributed by atoms with Crippen molar-refractivity contribution in [2.45, 2.75) is 39.5 Å². The Balaban J connectivity index is 0. The molecule has 0 rings (SSSR count). The number of hydrogen-bond donors (Lipinski definition) is 2. The van der Waals surface area contributed by atoms with Crippen molar-refractivity contribution >= 4 is 11.9 Å². The van der Waals surface area contributed by atoms with Gasteiger partial charge in [-0.25, -0.2) is 0 Å². The summed E-state index contributed by atoms with van der Waals surface area (Å²) in [6.07, 6.45) is 3.28. The highest BCUT2D eigenvalue weighted by atomic mass is 16.4. The van der Waals surface area contributed by atoms with Gasteiger partial charge in [0.05, 0.1) is 0 Å². The van der Waals surface area contributed by atoms with Gasteiger partial charge >= 0.3 is 5.97 Å². The first-order chi connectivity index (χ1) is 5.50. The van der Waals surface area contributed by atoms with Crippen LogP contribution in [-0.2, 0) is 9.59 Å². The molecule has 72 valence electrons. The summed E-state index contributed by atoms with van der Waals surface area (Å²) in [7, 11) is 0. The third kappa shape index (κ3) is 36.3. The van der Waals surface area contributed by atoms with Gasteiger partial charge in [0, 0.05) is 13.3 Å². The number of unbranched alkanes of at least 4 members (excludes halogenated alkanes) is 2. The Morgan fingerprint density at radius 2 is 1.75 bits per heavy atom. The third-order valence-electron chi connectivity index (χ3n) is 0.994. The van der Waals surface area contributed by atoms with Crippen molar-refractivity contribution in [1.82, 2.24) is 0 Å². The Morgan fingerprint density at radius 3 is 2.00 bits per heavy atom. The summed E-state index contributed by atoms with van der Waals surface area (Å²) < 4.78 is 0. The van der Waals surface area contributed by atoms with E-state index in [1.54, 1.807) is 0 Å². The number of amides is 1. The number of carboxylic acid groups (broad SMARTS) is 1. The van der Waals surface area contributed by atoms with E-state index in [4.69, 9.17) is 5.11 Å². The zero-order chi connectivity index (χ0) is 9.98. The monoisotopic (exact) mass is 175 g/mol. The lowest BCUT2D eigenvalue weighted by atomic mass is 10.2. The van der Waals surface area contributed by atoms with Gasteiger partial charge < -0.3 is 10.8 Å². The van der Waals surface area contributed by atoms with E-state index in [0.717, 1.165) is 19.3 Å². The Labute approximate surface area is 72.8 Å². The number of primary amides is 1. The van der Waals surface area contributed by atoms with Gasteiger partial charge in [-0.2, -0.15) is 0 Å². The molecule has 0 heterocycles. The van der Waals surface area contributed by atoms with E-state index >= 15 is 0 Å². The molecule has 1 amide bonds. The molecule has 0 aromatic carbocycles. The Bertz CT molecular complexity index is 130. The van der Waals surface area contributed by atoms with Crippen LogP contribution in [0, 0.1) is 0 Å². The molecule has 0 radical (unpaired) electrons. The summed E-state index contributed by atoms with van der Waals surface area (Å²) >= 11 is 0. The summed E-state index contributed by atoms with van der Waals surface area (Å²) in [4.78, 5) is 19.1. The molecule has 12 heavy (non-hydrogen) atoms. The Hall–Kier alpha value is -1.06. The van der Waals surface area contributed by atoms with Crippen molar-refractivity contribution in [3.05, 3.63) is 0 Å². The van der Waals surface area contributed by atoms with Gasteiger partial charge in [-0.1, -0.05) is 19.8 Å². The van der Waals surface area contributed by atoms with E-state index in [1.807, 2.05) is 0 Å². The number of carbonyl (C=O) groups is 2. The third-order valence-corrected chi connectivity index (χ3v) is 0.994. The van der Waals surface area contributed by atoms with Crippen LogP contribution in [0.3, 0.4) is 0 Å². The van der Waals surface area contributed by atoms with Crippen LogP contribution in [0.5, 0.6) is 0 Å². The molecule has 0 saturated carbocycles. The summed E-state index contributed by atoms with van der Waals surface area (Å²) in [5, 5.41) is 8.14. The first-order valence-corrected chi connectivity index (χ1v) is 3.98. The molecule has 0 aliphatic rings. The maximum Gasteiger partial charge on any atom is 0.303 e. The maximum atomic E-state index is 9.87. The van der Waals surface area contributed by atoms with Crippen LogP contribution < -0.4 is 5.73 Å². The molecule has 0 aromatic rings. The predicted molar refractivity (Wildman–Crippen MR) is 46.6 cm³/mol. The van der Waals surface area contributed by atoms with Gasteiger partial charge in [-0.15, -0.1) is 0 Å². The van der Waals surface area contributed by atoms with Crippen molar-refractivity contribution < 1.29 is 14.7 Å². The van der Waals surface area contributed by atoms with Crippen LogP contribution in [0.15, 0.2) is 0 Å². The molecule has 0 aliphatic heterocycles. The maximum absolute atomic E-state index is 9.87. The summed E-state index contributed by atoms with van der Waals surface area (Å²) in [5.41, 5.74) is 4.47. The lowest BCUT2D eigenvalue weighted by Crippen LogP contribution is -2.01. The molecule has 3 N–H and O–H groups in total. The van der Waals surface area contributed by atoms with Crippen LogP contribution in [0.25, 0.3) is 0 Å². The number of rotatable bonds is 4. The summed E-state index contributed by atoms with van der Waals surface area (Å²) in [6.45, 7) is 3.36. The molecule has 0 saturated heterocycles. The average molecular weight is 175 g/mol. The highest BCUT2D eigenvalue weighted by Gasteiger charge is 1.92. The largest absolute Gasteiger partial charge is 0.481 e. The van der Waals surface area contributed by atoms with Crippen LogP contribution in [0.4, 0.5) is 0 Å². The second-order valence-electron chi connectivity index (χ2n) is 2.46. The minimum Gasteiger partial charge on any atom is -0.481 e. The lowest BCUT2D eigenvalue weighted by Gasteiger charge is -1.89. The second-order valence-corrected chi connectivity index (χ2v) is 2.46. The number of aliphatic carboxylic acids is 1. The van der Waals surface area contributed by atoms with Crippen molar-refractivity contribution in [3.8, 4) is 0 Å². The smallest absolute Gasteiger partial charge is 0.303 e. The van der Waals surface area contributed by atoms with E-state index in [9.17, 15) is 9.59 Å². The van der Waals surface area contributed by atoms with Crippen LogP contribution in [0.1, 0.15) is 39.5 Å². The fourth-order valence-corrected chi connectivity index (χ4v) is 0.526. The first kappa shape index (κ1) is 13.5. The minimum absolute atomic E-state index is 0.327. The molecule has 4 nitrogen and oxygen atoms in total. The normalized spacial score (nSPS) is 8.17. The fraction of sp³-hybridized carbons (Fsp3) is 0.750. The molecule has 0 spiro atoms. The van der Waals surface area contributed by atoms with Crippen molar-refractivity contribution in [2.75, 3.05) is 0 Å². The van der Waals surface area contributed by atoms with E-state index in [-0.39, 0.29) is 5.91 Å². The molecular weight excluding hydrogens is 158 g/mol. The molecule has 0 fully saturated rings. The number of nitrogens with two attached hydrogens (primary N) is 1. The number of hydrogen-bond acceptors (Lipinski definition) is 2. The predicted octanol–water partition coefficient (Wildman–Crippen LogP) is 1.14. The van der Waals surface area contributed by atoms with E-state index < -0.39 is 5.97 Å². The highest BCUT2D eigenvalue weighted by molar-refractivity contribution is 5.70. The van der Waals surface area contributed by atoms with E-state index in [0.29, 0.717) is 6.42 Å². The van der Waals surface area contributed by atoms with Crippen molar-refractivity contribution in [1.29, 1.82) is 0 Å². The van der Waals surface area contributed by atoms with E-state index in [1.165, 1.54) is 6.92 Å².